The molecule has 9 heteroatoms. The molecule has 162 valence electrons. The average Bonchev–Trinajstić information content (AvgIpc) is 2.76. The zero-order chi connectivity index (χ0) is 21.5. The molecule has 1 saturated heterocycles. The smallest absolute Gasteiger partial charge is 0.255 e. The van der Waals surface area contributed by atoms with E-state index in [0.29, 0.717) is 22.0 Å². The first kappa shape index (κ1) is 22.7. The first-order chi connectivity index (χ1) is 14.5. The van der Waals surface area contributed by atoms with Crippen LogP contribution in [-0.4, -0.2) is 67.5 Å². The van der Waals surface area contributed by atoms with Gasteiger partial charge in [-0.05, 0) is 24.6 Å². The van der Waals surface area contributed by atoms with E-state index in [1.165, 1.54) is 13.2 Å². The number of nitrogens with zero attached hydrogens (tertiary/aromatic N) is 2. The minimum absolute atomic E-state index is 0.0942. The van der Waals surface area contributed by atoms with Crippen LogP contribution in [0.15, 0.2) is 41.6 Å². The van der Waals surface area contributed by atoms with E-state index in [4.69, 9.17) is 26.8 Å². The molecule has 2 heterocycles. The number of piperidine rings is 1. The Kier molecular flexibility index (Phi) is 8.21. The summed E-state index contributed by atoms with van der Waals surface area (Å²) in [6.45, 7) is 2.57. The Morgan fingerprint density at radius 2 is 2.23 bits per heavy atom. The van der Waals surface area contributed by atoms with Crippen LogP contribution in [0.2, 0.25) is 5.02 Å². The largest absolute Gasteiger partial charge is 0.496 e. The molecule has 1 fully saturated rings. The van der Waals surface area contributed by atoms with E-state index in [0.717, 1.165) is 36.8 Å². The molecule has 3 rings (SSSR count). The lowest BCUT2D eigenvalue weighted by Gasteiger charge is -2.38. The number of methoxy groups -OCH3 is 2. The van der Waals surface area contributed by atoms with Gasteiger partial charge in [0.15, 0.2) is 0 Å². The SMILES string of the molecule is COc1cc(N)c(Cl)cc1C(=O)N[C@H]1CCN(CCSc2ccccn2)C[C@H]1OC. The topological polar surface area (TPSA) is 89.7 Å². The van der Waals surface area contributed by atoms with Crippen molar-refractivity contribution >= 4 is 35.0 Å². The van der Waals surface area contributed by atoms with Crippen molar-refractivity contribution in [1.29, 1.82) is 0 Å². The molecule has 0 bridgehead atoms. The van der Waals surface area contributed by atoms with Crippen molar-refractivity contribution in [2.24, 2.45) is 0 Å². The minimum Gasteiger partial charge on any atom is -0.496 e. The van der Waals surface area contributed by atoms with Crippen LogP contribution in [0.4, 0.5) is 5.69 Å². The minimum atomic E-state index is -0.250. The number of nitrogens with two attached hydrogens (primary N) is 1. The van der Waals surface area contributed by atoms with E-state index in [1.807, 2.05) is 18.2 Å². The van der Waals surface area contributed by atoms with Gasteiger partial charge in [0.2, 0.25) is 0 Å². The Balaban J connectivity index is 1.55. The van der Waals surface area contributed by atoms with Crippen LogP contribution in [0.5, 0.6) is 5.75 Å². The number of halogens is 1. The van der Waals surface area contributed by atoms with Gasteiger partial charge in [-0.2, -0.15) is 0 Å². The molecule has 0 saturated carbocycles. The van der Waals surface area contributed by atoms with E-state index in [2.05, 4.69) is 15.2 Å². The van der Waals surface area contributed by atoms with Gasteiger partial charge in [-0.25, -0.2) is 4.98 Å². The molecule has 0 unspecified atom stereocenters. The third-order valence-electron chi connectivity index (χ3n) is 5.12. The van der Waals surface area contributed by atoms with Gasteiger partial charge >= 0.3 is 0 Å². The van der Waals surface area contributed by atoms with Crippen LogP contribution in [-0.2, 0) is 4.74 Å². The number of nitrogens with one attached hydrogen (secondary N) is 1. The Labute approximate surface area is 186 Å². The molecule has 1 aromatic heterocycles. The van der Waals surface area contributed by atoms with Crippen molar-refractivity contribution in [2.45, 2.75) is 23.6 Å². The summed E-state index contributed by atoms with van der Waals surface area (Å²) in [4.78, 5) is 19.5. The van der Waals surface area contributed by atoms with Crippen molar-refractivity contribution in [2.75, 3.05) is 45.3 Å². The number of anilines is 1. The number of amides is 1. The first-order valence-electron chi connectivity index (χ1n) is 9.74. The highest BCUT2D eigenvalue weighted by Gasteiger charge is 2.31. The third kappa shape index (κ3) is 5.78. The number of hydrogen-bond donors (Lipinski definition) is 2. The Hall–Kier alpha value is -2.00. The number of nitrogen functional groups attached to an aromatic ring is 1. The number of ether oxygens (including phenoxy) is 2. The summed E-state index contributed by atoms with van der Waals surface area (Å²) < 4.78 is 11.0. The van der Waals surface area contributed by atoms with Crippen molar-refractivity contribution in [3.63, 3.8) is 0 Å². The molecule has 2 atom stereocenters. The number of rotatable bonds is 8. The zero-order valence-corrected chi connectivity index (χ0v) is 18.7. The summed E-state index contributed by atoms with van der Waals surface area (Å²) in [6.07, 6.45) is 2.50. The van der Waals surface area contributed by atoms with E-state index >= 15 is 0 Å². The van der Waals surface area contributed by atoms with Crippen LogP contribution >= 0.6 is 23.4 Å². The van der Waals surface area contributed by atoms with Gasteiger partial charge in [0.05, 0.1) is 40.6 Å². The third-order valence-corrected chi connectivity index (χ3v) is 6.37. The van der Waals surface area contributed by atoms with Gasteiger partial charge < -0.3 is 20.5 Å². The van der Waals surface area contributed by atoms with E-state index in [1.54, 1.807) is 31.1 Å². The second-order valence-corrected chi connectivity index (χ2v) is 8.56. The molecule has 1 aliphatic heterocycles. The van der Waals surface area contributed by atoms with Gasteiger partial charge in [-0.15, -0.1) is 11.8 Å². The van der Waals surface area contributed by atoms with Crippen molar-refractivity contribution in [3.8, 4) is 5.75 Å². The van der Waals surface area contributed by atoms with Crippen LogP contribution in [0, 0.1) is 0 Å². The summed E-state index contributed by atoms with van der Waals surface area (Å²) >= 11 is 7.84. The van der Waals surface area contributed by atoms with Crippen molar-refractivity contribution < 1.29 is 14.3 Å². The molecular formula is C21H27ClN4O3S. The second-order valence-electron chi connectivity index (χ2n) is 7.03. The van der Waals surface area contributed by atoms with Crippen LogP contribution in [0.1, 0.15) is 16.8 Å². The highest BCUT2D eigenvalue weighted by molar-refractivity contribution is 7.99. The fourth-order valence-corrected chi connectivity index (χ4v) is 4.49. The molecule has 3 N–H and O–H groups in total. The van der Waals surface area contributed by atoms with E-state index in [9.17, 15) is 4.79 Å². The number of carbonyl (C=O) groups is 1. The molecule has 0 radical (unpaired) electrons. The molecule has 2 aromatic rings. The first-order valence-corrected chi connectivity index (χ1v) is 11.1. The lowest BCUT2D eigenvalue weighted by Crippen LogP contribution is -2.55. The molecule has 0 aliphatic carbocycles. The summed E-state index contributed by atoms with van der Waals surface area (Å²) in [5.41, 5.74) is 6.54. The maximum atomic E-state index is 12.9. The summed E-state index contributed by atoms with van der Waals surface area (Å²) in [6, 6.07) is 8.93. The Morgan fingerprint density at radius 3 is 2.93 bits per heavy atom. The second kappa shape index (κ2) is 10.9. The number of likely N-dealkylation sites (tertiary alicyclic amines) is 1. The zero-order valence-electron chi connectivity index (χ0n) is 17.1. The summed E-state index contributed by atoms with van der Waals surface area (Å²) in [5, 5.41) is 4.43. The van der Waals surface area contributed by atoms with Gasteiger partial charge in [-0.1, -0.05) is 17.7 Å². The normalized spacial score (nSPS) is 19.4. The number of benzene rings is 1. The molecule has 1 amide bonds. The number of thioether (sulfide) groups is 1. The van der Waals surface area contributed by atoms with Gasteiger partial charge in [0.25, 0.3) is 5.91 Å². The standard InChI is InChI=1S/C21H27ClN4O3S/c1-28-18-12-16(23)15(22)11-14(18)21(27)25-17-6-8-26(13-19(17)29-2)9-10-30-20-5-3-4-7-24-20/h3-5,7,11-12,17,19H,6,8-10,13,23H2,1-2H3,(H,25,27)/t17-,19+/m0/s1. The molecule has 7 nitrogen and oxygen atoms in total. The van der Waals surface area contributed by atoms with Crippen LogP contribution < -0.4 is 15.8 Å². The molecule has 1 aromatic carbocycles. The number of aromatic nitrogens is 1. The van der Waals surface area contributed by atoms with Crippen molar-refractivity contribution in [3.05, 3.63) is 47.1 Å². The molecule has 30 heavy (non-hydrogen) atoms. The fraction of sp³-hybridized carbons (Fsp3) is 0.429. The van der Waals surface area contributed by atoms with Crippen LogP contribution in [0.25, 0.3) is 0 Å². The van der Waals surface area contributed by atoms with Gasteiger partial charge in [-0.3, -0.25) is 9.69 Å². The van der Waals surface area contributed by atoms with E-state index < -0.39 is 0 Å². The van der Waals surface area contributed by atoms with Crippen LogP contribution in [0.3, 0.4) is 0 Å². The fourth-order valence-electron chi connectivity index (χ4n) is 3.46. The molecule has 1 aliphatic rings. The average molecular weight is 451 g/mol. The predicted octanol–water partition coefficient (Wildman–Crippen LogP) is 2.94. The lowest BCUT2D eigenvalue weighted by atomic mass is 10.0. The van der Waals surface area contributed by atoms with Crippen molar-refractivity contribution in [1.82, 2.24) is 15.2 Å². The van der Waals surface area contributed by atoms with Gasteiger partial charge in [0, 0.05) is 44.8 Å². The van der Waals surface area contributed by atoms with E-state index in [-0.39, 0.29) is 18.1 Å². The summed E-state index contributed by atoms with van der Waals surface area (Å²) in [5.74, 6) is 1.10. The Morgan fingerprint density at radius 1 is 1.40 bits per heavy atom. The number of pyridine rings is 1. The lowest BCUT2D eigenvalue weighted by molar-refractivity contribution is 0.00834. The maximum Gasteiger partial charge on any atom is 0.255 e. The summed E-state index contributed by atoms with van der Waals surface area (Å²) in [7, 11) is 3.18. The number of carbonyl (C=O) groups excluding carboxylic acids is 1. The number of hydrogen-bond acceptors (Lipinski definition) is 7. The molecular weight excluding hydrogens is 424 g/mol. The Bertz CT molecular complexity index is 856. The monoisotopic (exact) mass is 450 g/mol. The predicted molar refractivity (Wildman–Crippen MR) is 120 cm³/mol. The highest BCUT2D eigenvalue weighted by Crippen LogP contribution is 2.29. The highest BCUT2D eigenvalue weighted by atomic mass is 35.5. The molecule has 0 spiro atoms. The maximum absolute atomic E-state index is 12.9. The van der Waals surface area contributed by atoms with Gasteiger partial charge in [0.1, 0.15) is 5.75 Å². The quantitative estimate of drug-likeness (QED) is 0.472.